The van der Waals surface area contributed by atoms with Crippen LogP contribution in [0.15, 0.2) is 40.9 Å². The molecule has 2 aliphatic rings. The van der Waals surface area contributed by atoms with Crippen molar-refractivity contribution < 1.29 is 5.11 Å². The number of anilines is 1. The van der Waals surface area contributed by atoms with E-state index >= 15 is 0 Å². The van der Waals surface area contributed by atoms with Gasteiger partial charge in [-0.15, -0.1) is 0 Å². The number of halogens is 3. The van der Waals surface area contributed by atoms with E-state index in [1.165, 1.54) is 0 Å². The van der Waals surface area contributed by atoms with Crippen molar-refractivity contribution in [2.75, 3.05) is 11.4 Å². The molecule has 0 saturated heterocycles. The van der Waals surface area contributed by atoms with E-state index in [4.69, 9.17) is 39.8 Å². The van der Waals surface area contributed by atoms with Crippen LogP contribution in [0.4, 0.5) is 11.4 Å². The highest BCUT2D eigenvalue weighted by Gasteiger charge is 2.29. The minimum atomic E-state index is -0.0243. The van der Waals surface area contributed by atoms with Gasteiger partial charge in [0.2, 0.25) is 0 Å². The summed E-state index contributed by atoms with van der Waals surface area (Å²) in [5, 5.41) is 11.5. The van der Waals surface area contributed by atoms with Crippen LogP contribution in [-0.4, -0.2) is 17.5 Å². The first kappa shape index (κ1) is 17.9. The van der Waals surface area contributed by atoms with Gasteiger partial charge >= 0.3 is 0 Å². The summed E-state index contributed by atoms with van der Waals surface area (Å²) in [5.74, 6) is 0.869. The van der Waals surface area contributed by atoms with Crippen molar-refractivity contribution in [2.24, 2.45) is 4.99 Å². The van der Waals surface area contributed by atoms with Gasteiger partial charge in [0.15, 0.2) is 0 Å². The second-order valence-electron chi connectivity index (χ2n) is 6.53. The molecule has 0 saturated carbocycles. The Balaban J connectivity index is 1.89. The topological polar surface area (TPSA) is 35.8 Å². The highest BCUT2D eigenvalue weighted by atomic mass is 35.5. The summed E-state index contributed by atoms with van der Waals surface area (Å²) in [5.41, 5.74) is 5.67. The molecule has 0 fully saturated rings. The molecule has 0 amide bonds. The Labute approximate surface area is 167 Å². The Bertz CT molecular complexity index is 943. The van der Waals surface area contributed by atoms with Crippen molar-refractivity contribution >= 4 is 52.0 Å². The Kier molecular flexibility index (Phi) is 4.74. The fourth-order valence-corrected chi connectivity index (χ4v) is 4.60. The van der Waals surface area contributed by atoms with Gasteiger partial charge in [-0.25, -0.2) is 4.99 Å². The number of rotatable bonds is 2. The Morgan fingerprint density at radius 3 is 2.69 bits per heavy atom. The summed E-state index contributed by atoms with van der Waals surface area (Å²) in [7, 11) is 0. The largest absolute Gasteiger partial charge is 0.392 e. The Morgan fingerprint density at radius 2 is 1.96 bits per heavy atom. The molecular weight excluding hydrogens is 391 g/mol. The number of hydrogen-bond donors (Lipinski definition) is 1. The molecule has 0 aliphatic carbocycles. The minimum Gasteiger partial charge on any atom is -0.392 e. The first-order chi connectivity index (χ1) is 12.5. The van der Waals surface area contributed by atoms with Crippen LogP contribution in [0.5, 0.6) is 0 Å². The minimum absolute atomic E-state index is 0.0243. The fourth-order valence-electron chi connectivity index (χ4n) is 3.69. The number of aliphatic hydroxyl groups excluding tert-OH is 1. The number of hydrogen-bond acceptors (Lipinski definition) is 3. The molecule has 2 aromatic rings. The highest BCUT2D eigenvalue weighted by Crippen LogP contribution is 2.41. The lowest BCUT2D eigenvalue weighted by molar-refractivity contribution is 0.281. The van der Waals surface area contributed by atoms with Gasteiger partial charge in [0.1, 0.15) is 5.84 Å². The summed E-state index contributed by atoms with van der Waals surface area (Å²) in [6.45, 7) is 2.76. The first-order valence-electron chi connectivity index (χ1n) is 8.42. The third-order valence-corrected chi connectivity index (χ3v) is 5.67. The number of benzene rings is 2. The van der Waals surface area contributed by atoms with Crippen LogP contribution in [-0.2, 0) is 13.0 Å². The molecule has 0 atom stereocenters. The Morgan fingerprint density at radius 1 is 1.15 bits per heavy atom. The highest BCUT2D eigenvalue weighted by molar-refractivity contribution is 6.37. The monoisotopic (exact) mass is 406 g/mol. The molecule has 2 heterocycles. The zero-order valence-corrected chi connectivity index (χ0v) is 16.5. The maximum absolute atomic E-state index is 9.66. The van der Waals surface area contributed by atoms with Crippen LogP contribution in [0, 0.1) is 6.92 Å². The van der Waals surface area contributed by atoms with E-state index < -0.39 is 0 Å². The van der Waals surface area contributed by atoms with E-state index in [-0.39, 0.29) is 6.61 Å². The van der Waals surface area contributed by atoms with Gasteiger partial charge in [-0.1, -0.05) is 46.9 Å². The molecule has 0 aromatic heterocycles. The molecule has 6 heteroatoms. The van der Waals surface area contributed by atoms with Crippen LogP contribution < -0.4 is 4.90 Å². The number of aryl methyl sites for hydroxylation is 1. The van der Waals surface area contributed by atoms with Gasteiger partial charge in [0.05, 0.1) is 28.0 Å². The average Bonchev–Trinajstić information content (AvgIpc) is 2.60. The SMILES string of the molecule is Cc1cc(Cl)cc(Cl)c1N1CCC=C2Cc3c(CO)ccc(Cl)c3N=C21. The van der Waals surface area contributed by atoms with Crippen molar-refractivity contribution in [3.63, 3.8) is 0 Å². The van der Waals surface area contributed by atoms with Gasteiger partial charge in [-0.05, 0) is 53.8 Å². The predicted molar refractivity (Wildman–Crippen MR) is 109 cm³/mol. The number of aliphatic hydroxyl groups is 1. The first-order valence-corrected chi connectivity index (χ1v) is 9.55. The maximum atomic E-state index is 9.66. The van der Waals surface area contributed by atoms with Crippen molar-refractivity contribution in [3.05, 3.63) is 67.7 Å². The van der Waals surface area contributed by atoms with Crippen LogP contribution in [0.2, 0.25) is 15.1 Å². The molecule has 26 heavy (non-hydrogen) atoms. The van der Waals surface area contributed by atoms with Gasteiger partial charge in [-0.2, -0.15) is 0 Å². The van der Waals surface area contributed by atoms with Crippen LogP contribution in [0.3, 0.4) is 0 Å². The van der Waals surface area contributed by atoms with E-state index in [0.717, 1.165) is 52.4 Å². The van der Waals surface area contributed by atoms with Crippen LogP contribution in [0.25, 0.3) is 0 Å². The average molecular weight is 408 g/mol. The normalized spacial score (nSPS) is 16.0. The van der Waals surface area contributed by atoms with Crippen LogP contribution in [0.1, 0.15) is 23.1 Å². The second-order valence-corrected chi connectivity index (χ2v) is 7.78. The number of aliphatic imine (C=N–C) groups is 1. The lowest BCUT2D eigenvalue weighted by Gasteiger charge is -2.35. The molecule has 3 nitrogen and oxygen atoms in total. The standard InChI is InChI=1S/C20H17Cl3N2O/c1-11-7-14(21)9-17(23)19(11)25-6-2-3-12-8-15-13(10-26)4-5-16(22)18(15)24-20(12)25/h3-5,7,9,26H,2,6,8,10H2,1H3. The van der Waals surface area contributed by atoms with Gasteiger partial charge in [0.25, 0.3) is 0 Å². The lowest BCUT2D eigenvalue weighted by atomic mass is 9.92. The molecule has 1 N–H and O–H groups in total. The smallest absolute Gasteiger partial charge is 0.137 e. The summed E-state index contributed by atoms with van der Waals surface area (Å²) in [6, 6.07) is 7.33. The summed E-state index contributed by atoms with van der Waals surface area (Å²) in [4.78, 5) is 7.02. The molecule has 134 valence electrons. The van der Waals surface area contributed by atoms with E-state index in [1.54, 1.807) is 12.1 Å². The van der Waals surface area contributed by atoms with Crippen molar-refractivity contribution in [1.29, 1.82) is 0 Å². The summed E-state index contributed by atoms with van der Waals surface area (Å²) >= 11 is 19.1. The van der Waals surface area contributed by atoms with Crippen molar-refractivity contribution in [2.45, 2.75) is 26.4 Å². The molecular formula is C20H17Cl3N2O. The van der Waals surface area contributed by atoms with E-state index in [0.29, 0.717) is 21.5 Å². The Hall–Kier alpha value is -1.52. The summed E-state index contributed by atoms with van der Waals surface area (Å²) < 4.78 is 0. The van der Waals surface area contributed by atoms with E-state index in [9.17, 15) is 5.11 Å². The third kappa shape index (κ3) is 2.93. The van der Waals surface area contributed by atoms with Crippen LogP contribution >= 0.6 is 34.8 Å². The molecule has 0 radical (unpaired) electrons. The molecule has 2 aliphatic heterocycles. The van der Waals surface area contributed by atoms with Gasteiger partial charge < -0.3 is 10.0 Å². The molecule has 0 unspecified atom stereocenters. The zero-order chi connectivity index (χ0) is 18.4. The van der Waals surface area contributed by atoms with Gasteiger partial charge in [-0.3, -0.25) is 0 Å². The molecule has 4 rings (SSSR count). The number of nitrogens with zero attached hydrogens (tertiary/aromatic N) is 2. The van der Waals surface area contributed by atoms with Crippen molar-refractivity contribution in [1.82, 2.24) is 0 Å². The quantitative estimate of drug-likeness (QED) is 0.675. The molecule has 2 aromatic carbocycles. The number of amidine groups is 1. The molecule has 0 bridgehead atoms. The maximum Gasteiger partial charge on any atom is 0.137 e. The third-order valence-electron chi connectivity index (χ3n) is 4.86. The zero-order valence-electron chi connectivity index (χ0n) is 14.2. The van der Waals surface area contributed by atoms with E-state index in [2.05, 4.69) is 11.0 Å². The lowest BCUT2D eigenvalue weighted by Crippen LogP contribution is -2.38. The number of fused-ring (bicyclic) bond motifs is 2. The predicted octanol–water partition coefficient (Wildman–Crippen LogP) is 5.87. The molecule has 0 spiro atoms. The van der Waals surface area contributed by atoms with Gasteiger partial charge in [0, 0.05) is 18.0 Å². The fraction of sp³-hybridized carbons (Fsp3) is 0.250. The van der Waals surface area contributed by atoms with Crippen molar-refractivity contribution in [3.8, 4) is 0 Å². The second kappa shape index (κ2) is 6.90. The summed E-state index contributed by atoms with van der Waals surface area (Å²) in [6.07, 6.45) is 3.81. The van der Waals surface area contributed by atoms with E-state index in [1.807, 2.05) is 19.1 Å².